The van der Waals surface area contributed by atoms with E-state index in [2.05, 4.69) is 12.2 Å². The average Bonchev–Trinajstić information content (AvgIpc) is 2.94. The summed E-state index contributed by atoms with van der Waals surface area (Å²) in [7, 11) is 0. The van der Waals surface area contributed by atoms with Gasteiger partial charge in [-0.05, 0) is 37.0 Å². The molecule has 0 aliphatic heterocycles. The number of carbonyl (C=O) groups excluding carboxylic acids is 2. The van der Waals surface area contributed by atoms with Gasteiger partial charge in [0.05, 0.1) is 0 Å². The Kier molecular flexibility index (Phi) is 9.43. The van der Waals surface area contributed by atoms with Crippen molar-refractivity contribution in [1.82, 2.24) is 10.2 Å². The normalized spacial score (nSPS) is 16.4. The molecular formula is C21H30Cl2N2O2. The quantitative estimate of drug-likeness (QED) is 0.477. The summed E-state index contributed by atoms with van der Waals surface area (Å²) in [5, 5.41) is 3.80. The van der Waals surface area contributed by atoms with Crippen molar-refractivity contribution >= 4 is 35.0 Å². The fraction of sp³-hybridized carbons (Fsp3) is 0.619. The standard InChI is InChI=1S/C21H30Cl2N2O2/c1-2-3-14-25(19(26)15-22)20(16-10-12-17(23)13-11-16)21(27)24-18-8-6-4-5-7-9-18/h10-13,18,20H,2-9,14-15H2,1H3,(H,24,27)/t20-/m1/s1. The Morgan fingerprint density at radius 2 is 1.78 bits per heavy atom. The second kappa shape index (κ2) is 11.6. The molecule has 0 spiro atoms. The topological polar surface area (TPSA) is 49.4 Å². The molecule has 0 bridgehead atoms. The molecule has 0 aromatic heterocycles. The molecule has 0 unspecified atom stereocenters. The van der Waals surface area contributed by atoms with Crippen molar-refractivity contribution in [2.75, 3.05) is 12.4 Å². The third-order valence-electron chi connectivity index (χ3n) is 5.13. The van der Waals surface area contributed by atoms with Crippen LogP contribution in [0, 0.1) is 0 Å². The predicted octanol–water partition coefficient (Wildman–Crippen LogP) is 5.09. The molecular weight excluding hydrogens is 383 g/mol. The number of nitrogens with one attached hydrogen (secondary N) is 1. The Bertz CT molecular complexity index is 599. The average molecular weight is 413 g/mol. The lowest BCUT2D eigenvalue weighted by Crippen LogP contribution is -2.47. The summed E-state index contributed by atoms with van der Waals surface area (Å²) in [6.45, 7) is 2.57. The smallest absolute Gasteiger partial charge is 0.247 e. The molecule has 1 aromatic rings. The number of unbranched alkanes of at least 4 members (excludes halogenated alkanes) is 1. The zero-order valence-corrected chi connectivity index (χ0v) is 17.6. The molecule has 1 fully saturated rings. The summed E-state index contributed by atoms with van der Waals surface area (Å²) < 4.78 is 0. The molecule has 2 amide bonds. The Balaban J connectivity index is 2.27. The first-order chi connectivity index (χ1) is 13.1. The van der Waals surface area contributed by atoms with Gasteiger partial charge in [0.25, 0.3) is 0 Å². The number of alkyl halides is 1. The van der Waals surface area contributed by atoms with E-state index in [1.165, 1.54) is 12.8 Å². The largest absolute Gasteiger partial charge is 0.351 e. The third kappa shape index (κ3) is 6.69. The number of hydrogen-bond donors (Lipinski definition) is 1. The molecule has 1 aliphatic rings. The summed E-state index contributed by atoms with van der Waals surface area (Å²) in [6.07, 6.45) is 8.47. The van der Waals surface area contributed by atoms with Crippen molar-refractivity contribution in [2.45, 2.75) is 70.4 Å². The van der Waals surface area contributed by atoms with Crippen LogP contribution in [0.15, 0.2) is 24.3 Å². The summed E-state index contributed by atoms with van der Waals surface area (Å²) in [5.41, 5.74) is 0.764. The van der Waals surface area contributed by atoms with Crippen molar-refractivity contribution in [2.24, 2.45) is 0 Å². The Hall–Kier alpha value is -1.26. The Labute approximate surface area is 172 Å². The van der Waals surface area contributed by atoms with Crippen LogP contribution in [0.3, 0.4) is 0 Å². The van der Waals surface area contributed by atoms with Crippen LogP contribution in [0.25, 0.3) is 0 Å². The van der Waals surface area contributed by atoms with E-state index in [9.17, 15) is 9.59 Å². The van der Waals surface area contributed by atoms with E-state index in [-0.39, 0.29) is 23.7 Å². The fourth-order valence-electron chi connectivity index (χ4n) is 3.62. The van der Waals surface area contributed by atoms with E-state index >= 15 is 0 Å². The highest BCUT2D eigenvalue weighted by Crippen LogP contribution is 2.26. The van der Waals surface area contributed by atoms with Gasteiger partial charge >= 0.3 is 0 Å². The molecule has 1 aromatic carbocycles. The van der Waals surface area contributed by atoms with Gasteiger partial charge in [-0.25, -0.2) is 0 Å². The molecule has 0 saturated heterocycles. The van der Waals surface area contributed by atoms with Crippen molar-refractivity contribution < 1.29 is 9.59 Å². The van der Waals surface area contributed by atoms with Gasteiger partial charge in [-0.15, -0.1) is 11.6 Å². The first-order valence-corrected chi connectivity index (χ1v) is 10.9. The number of nitrogens with zero attached hydrogens (tertiary/aromatic N) is 1. The fourth-order valence-corrected chi connectivity index (χ4v) is 3.90. The van der Waals surface area contributed by atoms with Crippen molar-refractivity contribution in [3.8, 4) is 0 Å². The van der Waals surface area contributed by atoms with Crippen LogP contribution in [0.1, 0.15) is 69.9 Å². The zero-order valence-electron chi connectivity index (χ0n) is 16.1. The van der Waals surface area contributed by atoms with Crippen molar-refractivity contribution in [3.05, 3.63) is 34.9 Å². The van der Waals surface area contributed by atoms with E-state index in [0.717, 1.165) is 44.1 Å². The second-order valence-electron chi connectivity index (χ2n) is 7.23. The number of hydrogen-bond acceptors (Lipinski definition) is 2. The number of amides is 2. The van der Waals surface area contributed by atoms with Crippen molar-refractivity contribution in [3.63, 3.8) is 0 Å². The van der Waals surface area contributed by atoms with Gasteiger partial charge in [0.2, 0.25) is 11.8 Å². The maximum absolute atomic E-state index is 13.3. The number of rotatable bonds is 8. The van der Waals surface area contributed by atoms with Crippen LogP contribution < -0.4 is 5.32 Å². The molecule has 2 rings (SSSR count). The zero-order chi connectivity index (χ0) is 19.6. The van der Waals surface area contributed by atoms with Crippen LogP contribution >= 0.6 is 23.2 Å². The lowest BCUT2D eigenvalue weighted by molar-refractivity contribution is -0.139. The first kappa shape index (κ1) is 22.0. The molecule has 1 N–H and O–H groups in total. The van der Waals surface area contributed by atoms with Gasteiger partial charge < -0.3 is 10.2 Å². The van der Waals surface area contributed by atoms with Gasteiger partial charge in [0.1, 0.15) is 11.9 Å². The maximum Gasteiger partial charge on any atom is 0.247 e. The van der Waals surface area contributed by atoms with Crippen LogP contribution in [0.5, 0.6) is 0 Å². The first-order valence-electron chi connectivity index (χ1n) is 9.98. The van der Waals surface area contributed by atoms with E-state index in [0.29, 0.717) is 11.6 Å². The maximum atomic E-state index is 13.3. The van der Waals surface area contributed by atoms with Gasteiger partial charge in [0.15, 0.2) is 0 Å². The molecule has 1 atom stereocenters. The molecule has 1 aliphatic carbocycles. The minimum atomic E-state index is -0.677. The highest BCUT2D eigenvalue weighted by Gasteiger charge is 2.32. The van der Waals surface area contributed by atoms with E-state index in [1.807, 2.05) is 12.1 Å². The van der Waals surface area contributed by atoms with Crippen LogP contribution in [0.4, 0.5) is 0 Å². The third-order valence-corrected chi connectivity index (χ3v) is 5.62. The minimum absolute atomic E-state index is 0.126. The second-order valence-corrected chi connectivity index (χ2v) is 7.93. The molecule has 6 heteroatoms. The van der Waals surface area contributed by atoms with Crippen LogP contribution in [-0.2, 0) is 9.59 Å². The monoisotopic (exact) mass is 412 g/mol. The lowest BCUT2D eigenvalue weighted by atomic mass is 10.0. The SMILES string of the molecule is CCCCN(C(=O)CCl)[C@@H](C(=O)NC1CCCCCC1)c1ccc(Cl)cc1. The number of halogens is 2. The van der Waals surface area contributed by atoms with Crippen LogP contribution in [-0.4, -0.2) is 35.2 Å². The highest BCUT2D eigenvalue weighted by molar-refractivity contribution is 6.30. The van der Waals surface area contributed by atoms with Gasteiger partial charge in [-0.3, -0.25) is 9.59 Å². The molecule has 150 valence electrons. The van der Waals surface area contributed by atoms with Gasteiger partial charge in [0, 0.05) is 17.6 Å². The molecule has 27 heavy (non-hydrogen) atoms. The molecule has 0 radical (unpaired) electrons. The van der Waals surface area contributed by atoms with Gasteiger partial charge in [-0.1, -0.05) is 62.8 Å². The number of carbonyl (C=O) groups is 2. The van der Waals surface area contributed by atoms with Gasteiger partial charge in [-0.2, -0.15) is 0 Å². The van der Waals surface area contributed by atoms with Crippen molar-refractivity contribution in [1.29, 1.82) is 0 Å². The predicted molar refractivity (Wildman–Crippen MR) is 111 cm³/mol. The van der Waals surface area contributed by atoms with E-state index in [1.54, 1.807) is 17.0 Å². The van der Waals surface area contributed by atoms with Crippen LogP contribution in [0.2, 0.25) is 5.02 Å². The highest BCUT2D eigenvalue weighted by atomic mass is 35.5. The summed E-state index contributed by atoms with van der Waals surface area (Å²) >= 11 is 11.9. The molecule has 1 saturated carbocycles. The summed E-state index contributed by atoms with van der Waals surface area (Å²) in [4.78, 5) is 27.4. The minimum Gasteiger partial charge on any atom is -0.351 e. The van der Waals surface area contributed by atoms with E-state index in [4.69, 9.17) is 23.2 Å². The molecule has 0 heterocycles. The summed E-state index contributed by atoms with van der Waals surface area (Å²) in [6, 6.07) is 6.65. The van der Waals surface area contributed by atoms with E-state index < -0.39 is 6.04 Å². The lowest BCUT2D eigenvalue weighted by Gasteiger charge is -2.32. The molecule has 4 nitrogen and oxygen atoms in total. The number of benzene rings is 1. The Morgan fingerprint density at radius 1 is 1.15 bits per heavy atom. The Morgan fingerprint density at radius 3 is 2.33 bits per heavy atom. The summed E-state index contributed by atoms with van der Waals surface area (Å²) in [5.74, 6) is -0.482.